The zero-order valence-electron chi connectivity index (χ0n) is 51.6. The van der Waals surface area contributed by atoms with Crippen LogP contribution in [-0.2, 0) is 32.5 Å². The standard InChI is InChI=1S/C77H80BN3O2/c1-45-38-51-53(74(9,10)36-34-72(51,5)6)43-60(45)80-63-41-47(81-58-31-28-46(71(2,3)4)39-55(58)76(13)32-19-20-33-77(76,81)14)40-62-68(63)78(56-30-29-49-48-22-15-17-25-64(48)83-70(49)69(56)80)57-42-52-54(75(11,12)37-35-73(52,7)8)44-61(57)79(62)59-24-21-27-66-67(59)50-23-16-18-26-65(50)82-66/h15-18,21-31,38-44H,19-20,32-37H2,1-14H3. The number of aryl methyl sites for hydroxylation is 1. The van der Waals surface area contributed by atoms with Crippen molar-refractivity contribution in [3.63, 3.8) is 0 Å². The van der Waals surface area contributed by atoms with Crippen molar-refractivity contribution in [1.29, 1.82) is 0 Å². The highest BCUT2D eigenvalue weighted by Crippen LogP contribution is 2.63. The second-order valence-corrected chi connectivity index (χ2v) is 30.5. The SMILES string of the molecule is Cc1cc2c(cc1N1c3cc(N4c5ccc(C(C)(C)C)cc5C5(C)CCCCC45C)cc4c3B(c3cc5c(cc3N4c3cccc4oc6ccccc6c34)C(C)(C)CCC5(C)C)c3ccc4c(oc5ccccc54)c31)C(C)(C)CCC2(C)C. The van der Waals surface area contributed by atoms with Crippen molar-refractivity contribution in [2.45, 2.75) is 186 Å². The van der Waals surface area contributed by atoms with Crippen LogP contribution in [0.15, 0.2) is 142 Å². The average molecular weight is 1090 g/mol. The molecule has 10 aromatic rings. The zero-order chi connectivity index (χ0) is 57.4. The molecule has 0 amide bonds. The van der Waals surface area contributed by atoms with Crippen LogP contribution in [0.2, 0.25) is 0 Å². The van der Waals surface area contributed by atoms with E-state index in [1.807, 2.05) is 0 Å². The molecular weight excluding hydrogens is 1010 g/mol. The lowest BCUT2D eigenvalue weighted by molar-refractivity contribution is 0.195. The first-order valence-electron chi connectivity index (χ1n) is 31.3. The number of rotatable bonds is 3. The Bertz CT molecular complexity index is 4480. The molecule has 3 aliphatic carbocycles. The molecule has 5 heterocycles. The molecule has 6 heteroatoms. The molecule has 16 rings (SSSR count). The van der Waals surface area contributed by atoms with Crippen LogP contribution < -0.4 is 31.1 Å². The first kappa shape index (κ1) is 51.5. The number of anilines is 8. The molecular formula is C77H80BN3O2. The lowest BCUT2D eigenvalue weighted by atomic mass is 9.33. The van der Waals surface area contributed by atoms with Gasteiger partial charge in [-0.1, -0.05) is 175 Å². The summed E-state index contributed by atoms with van der Waals surface area (Å²) in [5.41, 5.74) is 27.1. The highest BCUT2D eigenvalue weighted by molar-refractivity contribution is 7.00. The zero-order valence-corrected chi connectivity index (χ0v) is 51.6. The summed E-state index contributed by atoms with van der Waals surface area (Å²) >= 11 is 0. The van der Waals surface area contributed by atoms with Crippen LogP contribution in [0, 0.1) is 6.92 Å². The summed E-state index contributed by atoms with van der Waals surface area (Å²) in [7, 11) is 0. The van der Waals surface area contributed by atoms with Gasteiger partial charge in [-0.15, -0.1) is 0 Å². The van der Waals surface area contributed by atoms with E-state index in [0.29, 0.717) is 0 Å². The minimum atomic E-state index is -0.210. The van der Waals surface area contributed by atoms with Crippen molar-refractivity contribution in [1.82, 2.24) is 0 Å². The number of furan rings is 2. The second kappa shape index (κ2) is 16.6. The molecule has 2 atom stereocenters. The number of hydrogen-bond acceptors (Lipinski definition) is 5. The van der Waals surface area contributed by atoms with Gasteiger partial charge in [-0.25, -0.2) is 0 Å². The van der Waals surface area contributed by atoms with Crippen LogP contribution in [0.4, 0.5) is 45.5 Å². The Morgan fingerprint density at radius 3 is 1.72 bits per heavy atom. The van der Waals surface area contributed by atoms with E-state index in [2.05, 4.69) is 245 Å². The van der Waals surface area contributed by atoms with Crippen molar-refractivity contribution in [3.8, 4) is 0 Å². The molecule has 1 saturated carbocycles. The number of fused-ring (bicyclic) bond motifs is 16. The van der Waals surface area contributed by atoms with Gasteiger partial charge in [0.25, 0.3) is 6.71 Å². The van der Waals surface area contributed by atoms with Gasteiger partial charge in [0.15, 0.2) is 5.58 Å². The highest BCUT2D eigenvalue weighted by Gasteiger charge is 2.59. The molecule has 0 bridgehead atoms. The number of hydrogen-bond donors (Lipinski definition) is 0. The summed E-state index contributed by atoms with van der Waals surface area (Å²) in [5.74, 6) is 0. The third-order valence-corrected chi connectivity index (χ3v) is 22.8. The molecule has 0 N–H and O–H groups in total. The van der Waals surface area contributed by atoms with Crippen molar-refractivity contribution >= 4 is 112 Å². The van der Waals surface area contributed by atoms with Gasteiger partial charge in [0.2, 0.25) is 0 Å². The predicted molar refractivity (Wildman–Crippen MR) is 352 cm³/mol. The maximum Gasteiger partial charge on any atom is 0.252 e. The minimum Gasteiger partial charge on any atom is -0.456 e. The normalized spacial score (nSPS) is 22.3. The predicted octanol–water partition coefficient (Wildman–Crippen LogP) is 19.6. The van der Waals surface area contributed by atoms with Gasteiger partial charge >= 0.3 is 0 Å². The Morgan fingerprint density at radius 1 is 0.446 bits per heavy atom. The average Bonchev–Trinajstić information content (AvgIpc) is 1.71. The van der Waals surface area contributed by atoms with Crippen LogP contribution in [0.5, 0.6) is 0 Å². The Hall–Kier alpha value is -7.18. The number of benzene rings is 8. The van der Waals surface area contributed by atoms with Crippen LogP contribution in [0.3, 0.4) is 0 Å². The van der Waals surface area contributed by atoms with E-state index >= 15 is 0 Å². The fourth-order valence-corrected chi connectivity index (χ4v) is 17.4. The molecule has 5 nitrogen and oxygen atoms in total. The molecule has 1 fully saturated rings. The molecule has 2 unspecified atom stereocenters. The van der Waals surface area contributed by atoms with Crippen molar-refractivity contribution in [2.24, 2.45) is 0 Å². The first-order chi connectivity index (χ1) is 39.4. The van der Waals surface area contributed by atoms with Gasteiger partial charge in [0, 0.05) is 55.7 Å². The lowest BCUT2D eigenvalue weighted by Gasteiger charge is -2.51. The quantitative estimate of drug-likeness (QED) is 0.165. The maximum atomic E-state index is 7.44. The second-order valence-electron chi connectivity index (χ2n) is 30.5. The number of para-hydroxylation sites is 2. The first-order valence-corrected chi connectivity index (χ1v) is 31.3. The van der Waals surface area contributed by atoms with Crippen molar-refractivity contribution < 1.29 is 8.83 Å². The van der Waals surface area contributed by atoms with Crippen LogP contribution in [0.1, 0.15) is 180 Å². The van der Waals surface area contributed by atoms with Crippen molar-refractivity contribution in [2.75, 3.05) is 14.7 Å². The fourth-order valence-electron chi connectivity index (χ4n) is 17.4. The van der Waals surface area contributed by atoms with Gasteiger partial charge in [0.05, 0.1) is 22.3 Å². The van der Waals surface area contributed by atoms with Gasteiger partial charge in [-0.05, 0) is 189 Å². The Labute approximate surface area is 492 Å². The van der Waals surface area contributed by atoms with E-state index in [0.717, 1.165) is 93.8 Å². The lowest BCUT2D eigenvalue weighted by Crippen LogP contribution is -2.62. The van der Waals surface area contributed by atoms with Crippen LogP contribution in [-0.4, -0.2) is 12.3 Å². The molecule has 8 aromatic carbocycles. The molecule has 0 spiro atoms. The van der Waals surface area contributed by atoms with Gasteiger partial charge in [-0.2, -0.15) is 0 Å². The van der Waals surface area contributed by atoms with E-state index in [1.165, 1.54) is 102 Å². The summed E-state index contributed by atoms with van der Waals surface area (Å²) in [6.45, 7) is 34.5. The van der Waals surface area contributed by atoms with E-state index in [1.54, 1.807) is 0 Å². The Kier molecular flexibility index (Phi) is 10.3. The molecule has 0 radical (unpaired) electrons. The van der Waals surface area contributed by atoms with E-state index in [4.69, 9.17) is 8.83 Å². The minimum absolute atomic E-state index is 0.0103. The third kappa shape index (κ3) is 6.84. The summed E-state index contributed by atoms with van der Waals surface area (Å²) < 4.78 is 14.3. The van der Waals surface area contributed by atoms with Gasteiger partial charge in [0.1, 0.15) is 16.7 Å². The van der Waals surface area contributed by atoms with Crippen LogP contribution >= 0.6 is 0 Å². The summed E-state index contributed by atoms with van der Waals surface area (Å²) in [6.07, 6.45) is 9.22. The summed E-state index contributed by atoms with van der Waals surface area (Å²) in [5, 5.41) is 4.58. The monoisotopic (exact) mass is 1090 g/mol. The van der Waals surface area contributed by atoms with E-state index in [9.17, 15) is 0 Å². The Balaban J connectivity index is 1.10. The molecule has 6 aliphatic rings. The fraction of sp³-hybridized carbons (Fsp3) is 0.377. The molecule has 418 valence electrons. The topological polar surface area (TPSA) is 36.0 Å². The highest BCUT2D eigenvalue weighted by atomic mass is 16.3. The molecule has 2 aromatic heterocycles. The molecule has 3 aliphatic heterocycles. The smallest absolute Gasteiger partial charge is 0.252 e. The Morgan fingerprint density at radius 2 is 1.04 bits per heavy atom. The molecule has 83 heavy (non-hydrogen) atoms. The molecule has 0 saturated heterocycles. The third-order valence-electron chi connectivity index (χ3n) is 22.8. The number of nitrogens with zero attached hydrogens (tertiary/aromatic N) is 3. The van der Waals surface area contributed by atoms with Crippen molar-refractivity contribution in [3.05, 3.63) is 172 Å². The maximum absolute atomic E-state index is 7.44. The van der Waals surface area contributed by atoms with Gasteiger partial charge in [-0.3, -0.25) is 0 Å². The van der Waals surface area contributed by atoms with Gasteiger partial charge < -0.3 is 23.5 Å². The van der Waals surface area contributed by atoms with E-state index < -0.39 is 0 Å². The van der Waals surface area contributed by atoms with Crippen LogP contribution in [0.25, 0.3) is 43.9 Å². The summed E-state index contributed by atoms with van der Waals surface area (Å²) in [6, 6.07) is 52.4. The summed E-state index contributed by atoms with van der Waals surface area (Å²) in [4.78, 5) is 8.28. The largest absolute Gasteiger partial charge is 0.456 e. The van der Waals surface area contributed by atoms with E-state index in [-0.39, 0.29) is 44.7 Å².